The van der Waals surface area contributed by atoms with Gasteiger partial charge in [-0.1, -0.05) is 13.0 Å². The van der Waals surface area contributed by atoms with Gasteiger partial charge >= 0.3 is 0 Å². The molecule has 2 amide bonds. The van der Waals surface area contributed by atoms with E-state index in [-0.39, 0.29) is 19.1 Å². The normalized spacial score (nSPS) is 13.3. The van der Waals surface area contributed by atoms with Crippen molar-refractivity contribution in [3.8, 4) is 5.75 Å². The summed E-state index contributed by atoms with van der Waals surface area (Å²) in [5.41, 5.74) is 10.6. The lowest BCUT2D eigenvalue weighted by Crippen LogP contribution is -2.39. The maximum absolute atomic E-state index is 12.2. The summed E-state index contributed by atoms with van der Waals surface area (Å²) in [6, 6.07) is 6.77. The summed E-state index contributed by atoms with van der Waals surface area (Å²) in [5, 5.41) is 2.80. The number of amides is 2. The molecule has 1 aromatic rings. The van der Waals surface area contributed by atoms with Gasteiger partial charge in [-0.2, -0.15) is 0 Å². The topological polar surface area (TPSA) is 107 Å². The zero-order valence-electron chi connectivity index (χ0n) is 11.8. The summed E-state index contributed by atoms with van der Waals surface area (Å²) in [6.45, 7) is 3.80. The Morgan fingerprint density at radius 2 is 2.10 bits per heavy atom. The zero-order valence-corrected chi connectivity index (χ0v) is 11.8. The smallest absolute Gasteiger partial charge is 0.255 e. The molecule has 0 saturated heterocycles. The minimum absolute atomic E-state index is 0.144. The second-order valence-corrected chi connectivity index (χ2v) is 4.86. The summed E-state index contributed by atoms with van der Waals surface area (Å²) < 4.78 is 5.18. The molecule has 5 N–H and O–H groups in total. The third-order valence-electron chi connectivity index (χ3n) is 3.25. The minimum atomic E-state index is -0.607. The van der Waals surface area contributed by atoms with Gasteiger partial charge in [0.2, 0.25) is 5.91 Å². The second kappa shape index (κ2) is 6.91. The predicted molar refractivity (Wildman–Crippen MR) is 77.2 cm³/mol. The summed E-state index contributed by atoms with van der Waals surface area (Å²) in [6.07, 6.45) is 0.646. The van der Waals surface area contributed by atoms with Crippen molar-refractivity contribution in [2.24, 2.45) is 16.9 Å². The van der Waals surface area contributed by atoms with E-state index in [4.69, 9.17) is 16.2 Å². The Kier molecular flexibility index (Phi) is 5.52. The number of hydrogen-bond donors (Lipinski definition) is 3. The van der Waals surface area contributed by atoms with Gasteiger partial charge in [-0.3, -0.25) is 9.59 Å². The SMILES string of the molecule is CCC(C)(CN)C(=O)Nc1cccc(OCC(N)=O)c1. The lowest BCUT2D eigenvalue weighted by molar-refractivity contribution is -0.124. The first kappa shape index (κ1) is 16.0. The number of primary amides is 1. The van der Waals surface area contributed by atoms with Gasteiger partial charge in [0.25, 0.3) is 5.91 Å². The number of benzene rings is 1. The molecule has 1 rings (SSSR count). The Labute approximate surface area is 118 Å². The molecule has 6 nitrogen and oxygen atoms in total. The molecule has 20 heavy (non-hydrogen) atoms. The Bertz CT molecular complexity index is 484. The van der Waals surface area contributed by atoms with Crippen LogP contribution in [0, 0.1) is 5.41 Å². The van der Waals surface area contributed by atoms with Crippen LogP contribution in [-0.4, -0.2) is 25.0 Å². The Hall–Kier alpha value is -2.08. The van der Waals surface area contributed by atoms with Crippen LogP contribution in [0.15, 0.2) is 24.3 Å². The van der Waals surface area contributed by atoms with E-state index in [1.807, 2.05) is 13.8 Å². The van der Waals surface area contributed by atoms with Crippen molar-refractivity contribution in [1.82, 2.24) is 0 Å². The highest BCUT2D eigenvalue weighted by Crippen LogP contribution is 2.23. The predicted octanol–water partition coefficient (Wildman–Crippen LogP) is 0.864. The van der Waals surface area contributed by atoms with Gasteiger partial charge < -0.3 is 21.5 Å². The van der Waals surface area contributed by atoms with E-state index in [9.17, 15) is 9.59 Å². The molecule has 0 aliphatic carbocycles. The molecule has 6 heteroatoms. The van der Waals surface area contributed by atoms with Crippen LogP contribution in [0.1, 0.15) is 20.3 Å². The van der Waals surface area contributed by atoms with Gasteiger partial charge in [-0.25, -0.2) is 0 Å². The molecule has 0 aliphatic heterocycles. The minimum Gasteiger partial charge on any atom is -0.484 e. The molecule has 0 bridgehead atoms. The van der Waals surface area contributed by atoms with Crippen molar-refractivity contribution >= 4 is 17.5 Å². The molecule has 0 aliphatic rings. The average molecular weight is 279 g/mol. The fourth-order valence-electron chi connectivity index (χ4n) is 1.50. The van der Waals surface area contributed by atoms with Crippen LogP contribution in [0.4, 0.5) is 5.69 Å². The lowest BCUT2D eigenvalue weighted by atomic mass is 9.86. The van der Waals surface area contributed by atoms with Crippen LogP contribution in [-0.2, 0) is 9.59 Å². The number of carbonyl (C=O) groups excluding carboxylic acids is 2. The molecular weight excluding hydrogens is 258 g/mol. The first-order chi connectivity index (χ1) is 9.41. The highest BCUT2D eigenvalue weighted by atomic mass is 16.5. The maximum atomic E-state index is 12.2. The van der Waals surface area contributed by atoms with Crippen molar-refractivity contribution < 1.29 is 14.3 Å². The van der Waals surface area contributed by atoms with Crippen molar-refractivity contribution in [2.45, 2.75) is 20.3 Å². The summed E-state index contributed by atoms with van der Waals surface area (Å²) >= 11 is 0. The fraction of sp³-hybridized carbons (Fsp3) is 0.429. The zero-order chi connectivity index (χ0) is 15.2. The Balaban J connectivity index is 2.75. The molecule has 0 spiro atoms. The monoisotopic (exact) mass is 279 g/mol. The first-order valence-corrected chi connectivity index (χ1v) is 6.44. The van der Waals surface area contributed by atoms with E-state index in [0.717, 1.165) is 0 Å². The fourth-order valence-corrected chi connectivity index (χ4v) is 1.50. The van der Waals surface area contributed by atoms with Gasteiger partial charge in [0.1, 0.15) is 5.75 Å². The average Bonchev–Trinajstić information content (AvgIpc) is 2.44. The van der Waals surface area contributed by atoms with E-state index in [2.05, 4.69) is 5.32 Å². The van der Waals surface area contributed by atoms with Crippen LogP contribution in [0.3, 0.4) is 0 Å². The lowest BCUT2D eigenvalue weighted by Gasteiger charge is -2.25. The number of hydrogen-bond acceptors (Lipinski definition) is 4. The number of nitrogens with one attached hydrogen (secondary N) is 1. The highest BCUT2D eigenvalue weighted by molar-refractivity contribution is 5.95. The molecule has 110 valence electrons. The van der Waals surface area contributed by atoms with Crippen LogP contribution in [0.2, 0.25) is 0 Å². The second-order valence-electron chi connectivity index (χ2n) is 4.86. The van der Waals surface area contributed by atoms with E-state index >= 15 is 0 Å². The molecule has 1 unspecified atom stereocenters. The quantitative estimate of drug-likeness (QED) is 0.688. The standard InChI is InChI=1S/C14H21N3O3/c1-3-14(2,9-15)13(19)17-10-5-4-6-11(7-10)20-8-12(16)18/h4-7H,3,8-9,15H2,1-2H3,(H2,16,18)(H,17,19). The largest absolute Gasteiger partial charge is 0.484 e. The molecular formula is C14H21N3O3. The van der Waals surface area contributed by atoms with Gasteiger partial charge in [0.15, 0.2) is 6.61 Å². The Morgan fingerprint density at radius 3 is 2.65 bits per heavy atom. The van der Waals surface area contributed by atoms with Gasteiger partial charge in [-0.15, -0.1) is 0 Å². The van der Waals surface area contributed by atoms with Gasteiger partial charge in [0.05, 0.1) is 5.41 Å². The summed E-state index contributed by atoms with van der Waals surface area (Å²) in [5.74, 6) is -0.233. The van der Waals surface area contributed by atoms with Crippen molar-refractivity contribution in [3.63, 3.8) is 0 Å². The highest BCUT2D eigenvalue weighted by Gasteiger charge is 2.29. The van der Waals surface area contributed by atoms with E-state index in [1.54, 1.807) is 24.3 Å². The maximum Gasteiger partial charge on any atom is 0.255 e. The van der Waals surface area contributed by atoms with E-state index < -0.39 is 11.3 Å². The molecule has 0 saturated carbocycles. The molecule has 0 aromatic heterocycles. The summed E-state index contributed by atoms with van der Waals surface area (Å²) in [7, 11) is 0. The number of rotatable bonds is 7. The van der Waals surface area contributed by atoms with Crippen LogP contribution in [0.25, 0.3) is 0 Å². The van der Waals surface area contributed by atoms with E-state index in [0.29, 0.717) is 17.9 Å². The van der Waals surface area contributed by atoms with Crippen molar-refractivity contribution in [2.75, 3.05) is 18.5 Å². The van der Waals surface area contributed by atoms with Crippen LogP contribution >= 0.6 is 0 Å². The number of nitrogens with two attached hydrogens (primary N) is 2. The van der Waals surface area contributed by atoms with Crippen LogP contribution < -0.4 is 21.5 Å². The van der Waals surface area contributed by atoms with Gasteiger partial charge in [-0.05, 0) is 25.5 Å². The first-order valence-electron chi connectivity index (χ1n) is 6.44. The molecule has 1 aromatic carbocycles. The number of carbonyl (C=O) groups is 2. The van der Waals surface area contributed by atoms with Crippen LogP contribution in [0.5, 0.6) is 5.75 Å². The third kappa shape index (κ3) is 4.24. The molecule has 0 fully saturated rings. The summed E-state index contributed by atoms with van der Waals surface area (Å²) in [4.78, 5) is 22.8. The van der Waals surface area contributed by atoms with Crippen molar-refractivity contribution in [1.29, 1.82) is 0 Å². The third-order valence-corrected chi connectivity index (χ3v) is 3.25. The number of ether oxygens (including phenoxy) is 1. The Morgan fingerprint density at radius 1 is 1.40 bits per heavy atom. The van der Waals surface area contributed by atoms with Gasteiger partial charge in [0, 0.05) is 18.3 Å². The molecule has 1 atom stereocenters. The molecule has 0 heterocycles. The van der Waals surface area contributed by atoms with E-state index in [1.165, 1.54) is 0 Å². The molecule has 0 radical (unpaired) electrons. The number of anilines is 1. The van der Waals surface area contributed by atoms with Crippen molar-refractivity contribution in [3.05, 3.63) is 24.3 Å².